The van der Waals surface area contributed by atoms with Crippen molar-refractivity contribution < 1.29 is 9.59 Å². The second-order valence-electron chi connectivity index (χ2n) is 5.43. The quantitative estimate of drug-likeness (QED) is 0.592. The molecular weight excluding hydrogens is 260 g/mol. The third kappa shape index (κ3) is 3.32. The highest BCUT2D eigenvalue weighted by atomic mass is 32.2. The highest BCUT2D eigenvalue weighted by Crippen LogP contribution is 2.41. The Hall–Kier alpha value is -0.970. The number of thioether (sulfide) groups is 1. The van der Waals surface area contributed by atoms with Gasteiger partial charge in [0, 0.05) is 31.0 Å². The van der Waals surface area contributed by atoms with Gasteiger partial charge in [0.1, 0.15) is 5.54 Å². The SMILES string of the molecule is C=CCSCCN1CCC(=O)NC(C)(C2CC2)C1=O. The Morgan fingerprint density at radius 1 is 1.53 bits per heavy atom. The first-order chi connectivity index (χ1) is 9.08. The molecule has 2 amide bonds. The first-order valence-corrected chi connectivity index (χ1v) is 8.02. The van der Waals surface area contributed by atoms with E-state index in [0.717, 1.165) is 24.3 Å². The molecule has 0 aromatic carbocycles. The number of carbonyl (C=O) groups is 2. The van der Waals surface area contributed by atoms with Crippen LogP contribution >= 0.6 is 11.8 Å². The first kappa shape index (κ1) is 14.4. The van der Waals surface area contributed by atoms with Crippen molar-refractivity contribution in [3.63, 3.8) is 0 Å². The van der Waals surface area contributed by atoms with Crippen LogP contribution in [0.15, 0.2) is 12.7 Å². The van der Waals surface area contributed by atoms with Crippen molar-refractivity contribution in [2.75, 3.05) is 24.6 Å². The Balaban J connectivity index is 1.99. The first-order valence-electron chi connectivity index (χ1n) is 6.87. The summed E-state index contributed by atoms with van der Waals surface area (Å²) in [5, 5.41) is 2.95. The molecule has 1 heterocycles. The van der Waals surface area contributed by atoms with Crippen molar-refractivity contribution in [3.8, 4) is 0 Å². The van der Waals surface area contributed by atoms with E-state index in [1.54, 1.807) is 11.8 Å². The van der Waals surface area contributed by atoms with Gasteiger partial charge in [0.15, 0.2) is 0 Å². The van der Waals surface area contributed by atoms with Gasteiger partial charge in [-0.05, 0) is 25.7 Å². The molecule has 0 aromatic heterocycles. The van der Waals surface area contributed by atoms with E-state index in [0.29, 0.717) is 25.4 Å². The summed E-state index contributed by atoms with van der Waals surface area (Å²) < 4.78 is 0. The minimum absolute atomic E-state index is 0.00370. The average molecular weight is 282 g/mol. The fraction of sp³-hybridized carbons (Fsp3) is 0.714. The molecule has 0 radical (unpaired) electrons. The van der Waals surface area contributed by atoms with Crippen molar-refractivity contribution in [1.82, 2.24) is 10.2 Å². The van der Waals surface area contributed by atoms with Gasteiger partial charge in [0.05, 0.1) is 0 Å². The highest BCUT2D eigenvalue weighted by Gasteiger charge is 2.50. The van der Waals surface area contributed by atoms with Crippen LogP contribution in [0.25, 0.3) is 0 Å². The molecule has 1 unspecified atom stereocenters. The third-order valence-corrected chi connectivity index (χ3v) is 4.82. The van der Waals surface area contributed by atoms with E-state index in [2.05, 4.69) is 11.9 Å². The van der Waals surface area contributed by atoms with Crippen LogP contribution in [0.1, 0.15) is 26.2 Å². The summed E-state index contributed by atoms with van der Waals surface area (Å²) in [4.78, 5) is 26.3. The number of carbonyl (C=O) groups excluding carboxylic acids is 2. The molecule has 2 fully saturated rings. The maximum absolute atomic E-state index is 12.6. The fourth-order valence-corrected chi connectivity index (χ4v) is 3.25. The topological polar surface area (TPSA) is 49.4 Å². The molecule has 4 nitrogen and oxygen atoms in total. The molecule has 1 saturated carbocycles. The molecular formula is C14H22N2O2S. The van der Waals surface area contributed by atoms with Crippen LogP contribution in [0.5, 0.6) is 0 Å². The zero-order valence-electron chi connectivity index (χ0n) is 11.5. The van der Waals surface area contributed by atoms with Gasteiger partial charge in [-0.15, -0.1) is 6.58 Å². The van der Waals surface area contributed by atoms with Crippen molar-refractivity contribution in [1.29, 1.82) is 0 Å². The zero-order chi connectivity index (χ0) is 13.9. The second-order valence-corrected chi connectivity index (χ2v) is 6.58. The summed E-state index contributed by atoms with van der Waals surface area (Å²) in [5.74, 6) is 2.22. The van der Waals surface area contributed by atoms with Crippen LogP contribution in [0.3, 0.4) is 0 Å². The van der Waals surface area contributed by atoms with E-state index in [-0.39, 0.29) is 11.8 Å². The molecule has 106 valence electrons. The summed E-state index contributed by atoms with van der Waals surface area (Å²) in [7, 11) is 0. The summed E-state index contributed by atoms with van der Waals surface area (Å²) >= 11 is 1.76. The van der Waals surface area contributed by atoms with E-state index >= 15 is 0 Å². The third-order valence-electron chi connectivity index (χ3n) is 3.87. The van der Waals surface area contributed by atoms with Crippen LogP contribution in [0.4, 0.5) is 0 Å². The monoisotopic (exact) mass is 282 g/mol. The van der Waals surface area contributed by atoms with E-state index in [1.807, 2.05) is 17.9 Å². The highest BCUT2D eigenvalue weighted by molar-refractivity contribution is 7.99. The lowest BCUT2D eigenvalue weighted by Gasteiger charge is -2.32. The second kappa shape index (κ2) is 5.99. The van der Waals surface area contributed by atoms with Crippen molar-refractivity contribution in [2.45, 2.75) is 31.7 Å². The Kier molecular flexibility index (Phi) is 4.55. The summed E-state index contributed by atoms with van der Waals surface area (Å²) in [6.07, 6.45) is 4.37. The molecule has 1 N–H and O–H groups in total. The van der Waals surface area contributed by atoms with Crippen molar-refractivity contribution >= 4 is 23.6 Å². The van der Waals surface area contributed by atoms with Crippen LogP contribution in [0.2, 0.25) is 0 Å². The number of hydrogen-bond donors (Lipinski definition) is 1. The largest absolute Gasteiger partial charge is 0.342 e. The smallest absolute Gasteiger partial charge is 0.248 e. The van der Waals surface area contributed by atoms with Gasteiger partial charge in [0.25, 0.3) is 0 Å². The molecule has 0 aromatic rings. The maximum Gasteiger partial charge on any atom is 0.248 e. The van der Waals surface area contributed by atoms with Crippen molar-refractivity contribution in [2.24, 2.45) is 5.92 Å². The number of rotatable bonds is 6. The maximum atomic E-state index is 12.6. The molecule has 1 atom stereocenters. The molecule has 19 heavy (non-hydrogen) atoms. The number of hydrogen-bond acceptors (Lipinski definition) is 3. The molecule has 2 aliphatic rings. The average Bonchev–Trinajstić information content (AvgIpc) is 3.20. The van der Waals surface area contributed by atoms with Gasteiger partial charge in [-0.3, -0.25) is 9.59 Å². The number of nitrogens with zero attached hydrogens (tertiary/aromatic N) is 1. The Morgan fingerprint density at radius 3 is 2.89 bits per heavy atom. The van der Waals surface area contributed by atoms with Crippen LogP contribution in [0, 0.1) is 5.92 Å². The Labute approximate surface area is 119 Å². The lowest BCUT2D eigenvalue weighted by atomic mass is 9.94. The lowest BCUT2D eigenvalue weighted by molar-refractivity contribution is -0.138. The fourth-order valence-electron chi connectivity index (χ4n) is 2.56. The Morgan fingerprint density at radius 2 is 2.26 bits per heavy atom. The van der Waals surface area contributed by atoms with Crippen LogP contribution in [-0.2, 0) is 9.59 Å². The Bertz CT molecular complexity index is 382. The summed E-state index contributed by atoms with van der Waals surface area (Å²) in [5.41, 5.74) is -0.670. The number of amides is 2. The van der Waals surface area contributed by atoms with Gasteiger partial charge in [-0.2, -0.15) is 11.8 Å². The van der Waals surface area contributed by atoms with Gasteiger partial charge < -0.3 is 10.2 Å². The molecule has 1 saturated heterocycles. The predicted octanol–water partition coefficient (Wildman–Crippen LogP) is 1.42. The molecule has 1 aliphatic heterocycles. The van der Waals surface area contributed by atoms with E-state index in [1.165, 1.54) is 0 Å². The molecule has 0 bridgehead atoms. The van der Waals surface area contributed by atoms with E-state index in [4.69, 9.17) is 0 Å². The minimum Gasteiger partial charge on any atom is -0.342 e. The standard InChI is InChI=1S/C14H22N2O2S/c1-3-9-19-10-8-16-7-6-12(17)15-14(2,13(16)18)11-4-5-11/h3,11H,1,4-10H2,2H3,(H,15,17). The van der Waals surface area contributed by atoms with Gasteiger partial charge in [0.2, 0.25) is 11.8 Å². The normalized spacial score (nSPS) is 27.9. The summed E-state index contributed by atoms with van der Waals surface area (Å²) in [6.45, 7) is 6.83. The van der Waals surface area contributed by atoms with Gasteiger partial charge >= 0.3 is 0 Å². The minimum atomic E-state index is -0.670. The molecule has 5 heteroatoms. The van der Waals surface area contributed by atoms with Gasteiger partial charge in [-0.1, -0.05) is 6.08 Å². The predicted molar refractivity (Wildman–Crippen MR) is 78.0 cm³/mol. The lowest BCUT2D eigenvalue weighted by Crippen LogP contribution is -2.57. The van der Waals surface area contributed by atoms with Crippen LogP contribution in [-0.4, -0.2) is 46.8 Å². The molecule has 2 rings (SSSR count). The van der Waals surface area contributed by atoms with Gasteiger partial charge in [-0.25, -0.2) is 0 Å². The van der Waals surface area contributed by atoms with E-state index < -0.39 is 5.54 Å². The molecule has 0 spiro atoms. The number of nitrogens with one attached hydrogen (secondary N) is 1. The van der Waals surface area contributed by atoms with Crippen LogP contribution < -0.4 is 5.32 Å². The zero-order valence-corrected chi connectivity index (χ0v) is 12.3. The van der Waals surface area contributed by atoms with Crippen molar-refractivity contribution in [3.05, 3.63) is 12.7 Å². The molecule has 1 aliphatic carbocycles. The summed E-state index contributed by atoms with van der Waals surface area (Å²) in [6, 6.07) is 0. The van der Waals surface area contributed by atoms with E-state index in [9.17, 15) is 9.59 Å².